The summed E-state index contributed by atoms with van der Waals surface area (Å²) in [6, 6.07) is 5.34. The Labute approximate surface area is 203 Å². The van der Waals surface area contributed by atoms with Gasteiger partial charge in [0.2, 0.25) is 11.8 Å². The van der Waals surface area contributed by atoms with E-state index in [0.29, 0.717) is 42.3 Å². The lowest BCUT2D eigenvalue weighted by Crippen LogP contribution is -2.22. The summed E-state index contributed by atoms with van der Waals surface area (Å²) in [7, 11) is 6.47. The van der Waals surface area contributed by atoms with E-state index in [-0.39, 0.29) is 17.2 Å². The molecule has 0 fully saturated rings. The van der Waals surface area contributed by atoms with Crippen LogP contribution in [0.2, 0.25) is 0 Å². The van der Waals surface area contributed by atoms with Gasteiger partial charge in [-0.05, 0) is 18.0 Å². The van der Waals surface area contributed by atoms with Gasteiger partial charge in [0.25, 0.3) is 0 Å². The molecule has 3 rings (SSSR count). The van der Waals surface area contributed by atoms with Crippen LogP contribution in [0.5, 0.6) is 11.6 Å². The number of nitrogens with zero attached hydrogens (tertiary/aromatic N) is 6. The number of anilines is 1. The van der Waals surface area contributed by atoms with Crippen LogP contribution in [0.3, 0.4) is 0 Å². The molecule has 0 spiro atoms. The van der Waals surface area contributed by atoms with Crippen molar-refractivity contribution in [3.63, 3.8) is 0 Å². The van der Waals surface area contributed by atoms with Crippen molar-refractivity contribution in [2.24, 2.45) is 0 Å². The zero-order valence-electron chi connectivity index (χ0n) is 20.3. The van der Waals surface area contributed by atoms with Gasteiger partial charge in [0.05, 0.1) is 45.9 Å². The largest absolute Gasteiger partial charge is 0.494 e. The molecule has 2 unspecified atom stereocenters. The molecule has 0 saturated heterocycles. The number of hydrogen-bond acceptors (Lipinski definition) is 11. The van der Waals surface area contributed by atoms with E-state index in [4.69, 9.17) is 18.9 Å². The van der Waals surface area contributed by atoms with Crippen LogP contribution in [-0.2, 0) is 9.47 Å². The Hall–Kier alpha value is -2.96. The minimum Gasteiger partial charge on any atom is -0.494 e. The fourth-order valence-corrected chi connectivity index (χ4v) is 4.00. The summed E-state index contributed by atoms with van der Waals surface area (Å²) in [5.41, 5.74) is 0.634. The average molecular weight is 490 g/mol. The highest BCUT2D eigenvalue weighted by Gasteiger charge is 2.25. The normalized spacial score (nSPS) is 13.0. The molecule has 0 aliphatic carbocycles. The highest BCUT2D eigenvalue weighted by Crippen LogP contribution is 2.31. The van der Waals surface area contributed by atoms with Gasteiger partial charge >= 0.3 is 0 Å². The van der Waals surface area contributed by atoms with Crippen molar-refractivity contribution in [1.29, 1.82) is 0 Å². The minimum absolute atomic E-state index is 0.0769. The molecule has 2 atom stereocenters. The summed E-state index contributed by atoms with van der Waals surface area (Å²) in [6.07, 6.45) is 3.35. The molecule has 12 heteroatoms. The van der Waals surface area contributed by atoms with Gasteiger partial charge in [0, 0.05) is 31.5 Å². The molecule has 3 aromatic heterocycles. The van der Waals surface area contributed by atoms with Crippen LogP contribution >= 0.6 is 11.9 Å². The summed E-state index contributed by atoms with van der Waals surface area (Å²) in [5, 5.41) is 8.94. The highest BCUT2D eigenvalue weighted by atomic mass is 32.2. The van der Waals surface area contributed by atoms with Gasteiger partial charge in [0.1, 0.15) is 11.5 Å². The van der Waals surface area contributed by atoms with Crippen molar-refractivity contribution in [2.45, 2.75) is 31.1 Å². The molecule has 0 radical (unpaired) electrons. The lowest BCUT2D eigenvalue weighted by Gasteiger charge is -2.22. The van der Waals surface area contributed by atoms with E-state index in [9.17, 15) is 0 Å². The van der Waals surface area contributed by atoms with E-state index in [0.717, 1.165) is 5.82 Å². The van der Waals surface area contributed by atoms with Gasteiger partial charge in [-0.2, -0.15) is 0 Å². The first-order valence-corrected chi connectivity index (χ1v) is 11.6. The van der Waals surface area contributed by atoms with Crippen molar-refractivity contribution in [3.05, 3.63) is 36.4 Å². The Balaban J connectivity index is 1.85. The Morgan fingerprint density at radius 1 is 0.971 bits per heavy atom. The third kappa shape index (κ3) is 6.13. The minimum atomic E-state index is -0.172. The number of methoxy groups -OCH3 is 4. The van der Waals surface area contributed by atoms with Crippen LogP contribution in [0, 0.1) is 0 Å². The molecule has 3 aromatic rings. The Kier molecular flexibility index (Phi) is 9.42. The number of pyridine rings is 1. The third-order valence-corrected chi connectivity index (χ3v) is 6.35. The van der Waals surface area contributed by atoms with E-state index in [2.05, 4.69) is 43.7 Å². The number of aromatic nitrogens is 6. The lowest BCUT2D eigenvalue weighted by atomic mass is 10.1. The molecule has 1 N–H and O–H groups in total. The molecule has 184 valence electrons. The maximum Gasteiger partial charge on any atom is 0.235 e. The Morgan fingerprint density at radius 3 is 2.29 bits per heavy atom. The monoisotopic (exact) mass is 489 g/mol. The topological polar surface area (TPSA) is 118 Å². The zero-order valence-corrected chi connectivity index (χ0v) is 21.1. The first-order chi connectivity index (χ1) is 16.5. The molecule has 0 saturated carbocycles. The number of rotatable bonds is 13. The van der Waals surface area contributed by atoms with E-state index in [1.165, 1.54) is 11.9 Å². The van der Waals surface area contributed by atoms with Crippen LogP contribution in [-0.4, -0.2) is 76.6 Å². The smallest absolute Gasteiger partial charge is 0.235 e. The van der Waals surface area contributed by atoms with Crippen molar-refractivity contribution >= 4 is 17.9 Å². The second kappa shape index (κ2) is 12.5. The summed E-state index contributed by atoms with van der Waals surface area (Å²) < 4.78 is 26.6. The molecular weight excluding hydrogens is 458 g/mol. The average Bonchev–Trinajstić information content (AvgIpc) is 3.30. The molecule has 0 aliphatic rings. The first-order valence-electron chi connectivity index (χ1n) is 10.7. The van der Waals surface area contributed by atoms with Crippen LogP contribution in [0.4, 0.5) is 5.95 Å². The van der Waals surface area contributed by atoms with Gasteiger partial charge in [-0.15, -0.1) is 10.2 Å². The molecule has 34 heavy (non-hydrogen) atoms. The summed E-state index contributed by atoms with van der Waals surface area (Å²) >= 11 is 1.51. The standard InChI is InChI=1S/C22H31N7O4S/c1-14(20-23-10-17(32-5)11-24-20)15(2)34-28-22-27-26-21(18-8-7-9-19(25-18)33-6)29(22)16(12-30-3)13-31-4/h7-11,14-16H,12-13H2,1-6H3,(H,27,28). The Morgan fingerprint density at radius 2 is 1.68 bits per heavy atom. The van der Waals surface area contributed by atoms with Crippen LogP contribution < -0.4 is 14.2 Å². The molecule has 0 aromatic carbocycles. The van der Waals surface area contributed by atoms with Gasteiger partial charge in [-0.1, -0.05) is 19.9 Å². The van der Waals surface area contributed by atoms with Crippen molar-refractivity contribution in [2.75, 3.05) is 46.4 Å². The van der Waals surface area contributed by atoms with Crippen LogP contribution in [0.1, 0.15) is 31.6 Å². The molecule has 0 bridgehead atoms. The van der Waals surface area contributed by atoms with Crippen molar-refractivity contribution in [3.8, 4) is 23.1 Å². The first kappa shape index (κ1) is 25.7. The molecule has 0 amide bonds. The molecule has 11 nitrogen and oxygen atoms in total. The quantitative estimate of drug-likeness (QED) is 0.356. The number of hydrogen-bond donors (Lipinski definition) is 1. The molecular formula is C22H31N7O4S. The third-order valence-electron chi connectivity index (χ3n) is 5.27. The Bertz CT molecular complexity index is 1030. The van der Waals surface area contributed by atoms with E-state index >= 15 is 0 Å². The van der Waals surface area contributed by atoms with E-state index in [1.807, 2.05) is 16.7 Å². The summed E-state index contributed by atoms with van der Waals surface area (Å²) in [6.45, 7) is 5.00. The zero-order chi connectivity index (χ0) is 24.5. The SMILES string of the molecule is COCC(COC)n1c(NSC(C)C(C)c2ncc(OC)cn2)nnc1-c1cccc(OC)n1. The lowest BCUT2D eigenvalue weighted by molar-refractivity contribution is 0.0908. The van der Waals surface area contributed by atoms with Gasteiger partial charge < -0.3 is 18.9 Å². The maximum atomic E-state index is 5.45. The van der Waals surface area contributed by atoms with Crippen molar-refractivity contribution in [1.82, 2.24) is 29.7 Å². The maximum absolute atomic E-state index is 5.45. The predicted molar refractivity (Wildman–Crippen MR) is 130 cm³/mol. The van der Waals surface area contributed by atoms with E-state index < -0.39 is 0 Å². The van der Waals surface area contributed by atoms with Crippen molar-refractivity contribution < 1.29 is 18.9 Å². The van der Waals surface area contributed by atoms with Gasteiger partial charge in [-0.3, -0.25) is 9.29 Å². The summed E-state index contributed by atoms with van der Waals surface area (Å²) in [5.74, 6) is 3.09. The summed E-state index contributed by atoms with van der Waals surface area (Å²) in [4.78, 5) is 13.4. The molecule has 0 aliphatic heterocycles. The fourth-order valence-electron chi connectivity index (χ4n) is 3.24. The fraction of sp³-hybridized carbons (Fsp3) is 0.500. The van der Waals surface area contributed by atoms with Crippen LogP contribution in [0.15, 0.2) is 30.6 Å². The molecule has 3 heterocycles. The van der Waals surface area contributed by atoms with Gasteiger partial charge in [-0.25, -0.2) is 15.0 Å². The number of ether oxygens (including phenoxy) is 4. The predicted octanol–water partition coefficient (Wildman–Crippen LogP) is 3.23. The second-order valence-electron chi connectivity index (χ2n) is 7.54. The van der Waals surface area contributed by atoms with Crippen LogP contribution in [0.25, 0.3) is 11.5 Å². The second-order valence-corrected chi connectivity index (χ2v) is 8.73. The number of nitrogens with one attached hydrogen (secondary N) is 1. The highest BCUT2D eigenvalue weighted by molar-refractivity contribution is 8.01. The van der Waals surface area contributed by atoms with E-state index in [1.54, 1.807) is 46.9 Å². The van der Waals surface area contributed by atoms with Gasteiger partial charge in [0.15, 0.2) is 11.6 Å².